The lowest BCUT2D eigenvalue weighted by Gasteiger charge is -2.39. The summed E-state index contributed by atoms with van der Waals surface area (Å²) in [5, 5.41) is 0. The zero-order valence-corrected chi connectivity index (χ0v) is 19.5. The molecule has 0 bridgehead atoms. The Bertz CT molecular complexity index is 982. The Morgan fingerprint density at radius 1 is 0.943 bits per heavy atom. The molecule has 1 heterocycles. The van der Waals surface area contributed by atoms with Gasteiger partial charge in [0.15, 0.2) is 0 Å². The Morgan fingerprint density at radius 3 is 2.03 bits per heavy atom. The Morgan fingerprint density at radius 2 is 1.51 bits per heavy atom. The fourth-order valence-corrected chi connectivity index (χ4v) is 3.95. The van der Waals surface area contributed by atoms with Gasteiger partial charge in [-0.1, -0.05) is 30.3 Å². The molecule has 1 fully saturated rings. The number of amides is 1. The monoisotopic (exact) mass is 503 g/mol. The second kappa shape index (κ2) is 10.1. The van der Waals surface area contributed by atoms with Crippen LogP contribution in [0.3, 0.4) is 0 Å². The minimum atomic E-state index is -4.93. The van der Waals surface area contributed by atoms with Gasteiger partial charge in [-0.3, -0.25) is 0 Å². The van der Waals surface area contributed by atoms with Crippen LogP contribution in [0.1, 0.15) is 55.4 Å². The number of piperidine rings is 1. The summed E-state index contributed by atoms with van der Waals surface area (Å²) in [5.74, 6) is -0.342. The van der Waals surface area contributed by atoms with E-state index in [1.54, 1.807) is 32.9 Å². The number of hydrogen-bond donors (Lipinski definition) is 0. The summed E-state index contributed by atoms with van der Waals surface area (Å²) in [6.45, 7) is 5.33. The number of carbonyl (C=O) groups excluding carboxylic acids is 1. The van der Waals surface area contributed by atoms with E-state index in [-0.39, 0.29) is 30.6 Å². The quantitative estimate of drug-likeness (QED) is 0.421. The first-order valence-corrected chi connectivity index (χ1v) is 11.1. The summed E-state index contributed by atoms with van der Waals surface area (Å²) in [5.41, 5.74) is -2.85. The van der Waals surface area contributed by atoms with Crippen LogP contribution in [-0.4, -0.2) is 35.8 Å². The Labute approximate surface area is 199 Å². The Balaban J connectivity index is 1.82. The lowest BCUT2D eigenvalue weighted by molar-refractivity contribution is -0.143. The molecule has 1 aliphatic rings. The minimum absolute atomic E-state index is 0.0928. The average molecular weight is 503 g/mol. The van der Waals surface area contributed by atoms with Gasteiger partial charge in [0.2, 0.25) is 0 Å². The van der Waals surface area contributed by atoms with Gasteiger partial charge in [0.1, 0.15) is 5.60 Å². The summed E-state index contributed by atoms with van der Waals surface area (Å²) in [7, 11) is 0. The molecular weight excluding hydrogens is 476 g/mol. The van der Waals surface area contributed by atoms with Gasteiger partial charge in [0.05, 0.1) is 23.8 Å². The smallest absolute Gasteiger partial charge is 0.416 e. The second-order valence-electron chi connectivity index (χ2n) is 9.50. The summed E-state index contributed by atoms with van der Waals surface area (Å²) in [4.78, 5) is 14.1. The van der Waals surface area contributed by atoms with E-state index in [9.17, 15) is 31.1 Å². The summed E-state index contributed by atoms with van der Waals surface area (Å²) >= 11 is 0. The van der Waals surface area contributed by atoms with Crippen molar-refractivity contribution >= 4 is 6.09 Å². The molecule has 3 rings (SSSR count). The van der Waals surface area contributed by atoms with E-state index in [1.165, 1.54) is 4.90 Å². The van der Waals surface area contributed by atoms with E-state index < -0.39 is 47.9 Å². The van der Waals surface area contributed by atoms with Gasteiger partial charge in [-0.05, 0) is 56.5 Å². The number of nitrogens with zero attached hydrogens (tertiary/aromatic N) is 1. The second-order valence-corrected chi connectivity index (χ2v) is 9.50. The van der Waals surface area contributed by atoms with Crippen LogP contribution < -0.4 is 0 Å². The number of rotatable bonds is 4. The maximum atomic E-state index is 13.2. The number of likely N-dealkylation sites (tertiary alicyclic amines) is 1. The molecule has 1 saturated heterocycles. The van der Waals surface area contributed by atoms with Gasteiger partial charge >= 0.3 is 18.4 Å². The molecule has 2 unspecified atom stereocenters. The van der Waals surface area contributed by atoms with Crippen LogP contribution in [0.2, 0.25) is 0 Å². The number of ether oxygens (including phenoxy) is 2. The van der Waals surface area contributed by atoms with Crippen molar-refractivity contribution in [3.8, 4) is 0 Å². The molecule has 0 aliphatic carbocycles. The van der Waals surface area contributed by atoms with Crippen molar-refractivity contribution in [1.29, 1.82) is 0 Å². The van der Waals surface area contributed by atoms with Crippen molar-refractivity contribution in [2.45, 2.75) is 63.8 Å². The standard InChI is InChI=1S/C25H27F6NO3/c1-23(2,3)35-22(33)32-10-9-21(20(14-32)17-7-5-4-6-8-17)34-15-16-11-18(24(26,27)28)13-19(12-16)25(29,30)31/h4-8,11-13,20-21H,9-10,14-15H2,1-3H3. The lowest BCUT2D eigenvalue weighted by atomic mass is 9.88. The number of benzene rings is 2. The van der Waals surface area contributed by atoms with E-state index in [1.807, 2.05) is 18.2 Å². The van der Waals surface area contributed by atoms with Gasteiger partial charge < -0.3 is 14.4 Å². The third kappa shape index (κ3) is 7.37. The molecular formula is C25H27F6NO3. The van der Waals surface area contributed by atoms with Crippen LogP contribution in [0.4, 0.5) is 31.1 Å². The predicted octanol–water partition coefficient (Wildman–Crippen LogP) is 7.03. The molecule has 0 N–H and O–H groups in total. The highest BCUT2D eigenvalue weighted by Gasteiger charge is 2.38. The highest BCUT2D eigenvalue weighted by Crippen LogP contribution is 2.37. The normalized spacial score (nSPS) is 19.5. The van der Waals surface area contributed by atoms with Crippen LogP contribution in [-0.2, 0) is 28.4 Å². The first-order chi connectivity index (χ1) is 16.1. The first-order valence-electron chi connectivity index (χ1n) is 11.1. The van der Waals surface area contributed by atoms with Crippen LogP contribution in [0.5, 0.6) is 0 Å². The maximum Gasteiger partial charge on any atom is 0.416 e. The zero-order valence-electron chi connectivity index (χ0n) is 19.5. The summed E-state index contributed by atoms with van der Waals surface area (Å²) in [6, 6.07) is 10.5. The maximum absolute atomic E-state index is 13.2. The molecule has 2 atom stereocenters. The molecule has 0 radical (unpaired) electrons. The van der Waals surface area contributed by atoms with E-state index in [0.29, 0.717) is 18.6 Å². The topological polar surface area (TPSA) is 38.8 Å². The molecule has 2 aromatic carbocycles. The summed E-state index contributed by atoms with van der Waals surface area (Å²) < 4.78 is 90.5. The molecule has 4 nitrogen and oxygen atoms in total. The predicted molar refractivity (Wildman–Crippen MR) is 117 cm³/mol. The van der Waals surface area contributed by atoms with Gasteiger partial charge in [0, 0.05) is 19.0 Å². The number of alkyl halides is 6. The van der Waals surface area contributed by atoms with Gasteiger partial charge in [-0.25, -0.2) is 4.79 Å². The molecule has 0 spiro atoms. The molecule has 2 aromatic rings. The molecule has 0 saturated carbocycles. The fourth-order valence-electron chi connectivity index (χ4n) is 3.95. The summed E-state index contributed by atoms with van der Waals surface area (Å²) in [6.07, 6.45) is -10.5. The van der Waals surface area contributed by atoms with E-state index in [2.05, 4.69) is 0 Å². The van der Waals surface area contributed by atoms with E-state index >= 15 is 0 Å². The fraction of sp³-hybridized carbons (Fsp3) is 0.480. The molecule has 1 aliphatic heterocycles. The van der Waals surface area contributed by atoms with E-state index in [0.717, 1.165) is 5.56 Å². The van der Waals surface area contributed by atoms with Gasteiger partial charge in [0.25, 0.3) is 0 Å². The van der Waals surface area contributed by atoms with Crippen molar-refractivity contribution in [3.63, 3.8) is 0 Å². The number of carbonyl (C=O) groups is 1. The van der Waals surface area contributed by atoms with Gasteiger partial charge in [-0.2, -0.15) is 26.3 Å². The van der Waals surface area contributed by atoms with Crippen LogP contribution in [0, 0.1) is 0 Å². The van der Waals surface area contributed by atoms with Crippen molar-refractivity contribution in [2.24, 2.45) is 0 Å². The molecule has 192 valence electrons. The third-order valence-electron chi connectivity index (χ3n) is 5.54. The van der Waals surface area contributed by atoms with Crippen LogP contribution >= 0.6 is 0 Å². The number of halogens is 6. The first kappa shape index (κ1) is 26.8. The molecule has 35 heavy (non-hydrogen) atoms. The average Bonchev–Trinajstić information content (AvgIpc) is 2.75. The Kier molecular flexibility index (Phi) is 7.74. The lowest BCUT2D eigenvalue weighted by Crippen LogP contribution is -2.47. The number of hydrogen-bond acceptors (Lipinski definition) is 3. The zero-order chi connectivity index (χ0) is 26.0. The van der Waals surface area contributed by atoms with Crippen molar-refractivity contribution in [2.75, 3.05) is 13.1 Å². The largest absolute Gasteiger partial charge is 0.444 e. The third-order valence-corrected chi connectivity index (χ3v) is 5.54. The SMILES string of the molecule is CC(C)(C)OC(=O)N1CCC(OCc2cc(C(F)(F)F)cc(C(F)(F)F)c2)C(c2ccccc2)C1. The van der Waals surface area contributed by atoms with Crippen LogP contribution in [0.25, 0.3) is 0 Å². The van der Waals surface area contributed by atoms with Crippen molar-refractivity contribution in [1.82, 2.24) is 4.90 Å². The minimum Gasteiger partial charge on any atom is -0.444 e. The highest BCUT2D eigenvalue weighted by molar-refractivity contribution is 5.68. The van der Waals surface area contributed by atoms with Gasteiger partial charge in [-0.15, -0.1) is 0 Å². The molecule has 0 aromatic heterocycles. The van der Waals surface area contributed by atoms with Crippen molar-refractivity contribution in [3.05, 3.63) is 70.8 Å². The van der Waals surface area contributed by atoms with Crippen molar-refractivity contribution < 1.29 is 40.6 Å². The highest BCUT2D eigenvalue weighted by atomic mass is 19.4. The Hall–Kier alpha value is -2.75. The molecule has 1 amide bonds. The van der Waals surface area contributed by atoms with Crippen LogP contribution in [0.15, 0.2) is 48.5 Å². The van der Waals surface area contributed by atoms with E-state index in [4.69, 9.17) is 9.47 Å². The molecule has 10 heteroatoms.